The number of non-ortho nitro benzene ring substituents is 1. The van der Waals surface area contributed by atoms with E-state index in [-0.39, 0.29) is 10.6 Å². The molecular weight excluding hydrogens is 324 g/mol. The number of nitrogens with zero attached hydrogens (tertiary/aromatic N) is 4. The summed E-state index contributed by atoms with van der Waals surface area (Å²) in [4.78, 5) is 10.5. The number of rotatable bonds is 6. The van der Waals surface area contributed by atoms with Gasteiger partial charge in [-0.2, -0.15) is 0 Å². The first-order valence-corrected chi connectivity index (χ1v) is 8.40. The Balaban J connectivity index is 1.68. The molecule has 24 heavy (non-hydrogen) atoms. The maximum Gasteiger partial charge on any atom is 0.269 e. The molecule has 3 rings (SSSR count). The van der Waals surface area contributed by atoms with E-state index < -0.39 is 0 Å². The van der Waals surface area contributed by atoms with Crippen LogP contribution in [0.15, 0.2) is 59.8 Å². The lowest BCUT2D eigenvalue weighted by Gasteiger charge is -2.04. The number of hydrogen-bond donors (Lipinski definition) is 0. The van der Waals surface area contributed by atoms with Crippen LogP contribution >= 0.6 is 11.8 Å². The van der Waals surface area contributed by atoms with Crippen LogP contribution in [0.25, 0.3) is 0 Å². The quantitative estimate of drug-likeness (QED) is 0.389. The highest BCUT2D eigenvalue weighted by atomic mass is 32.2. The van der Waals surface area contributed by atoms with Crippen LogP contribution in [-0.2, 0) is 19.2 Å². The van der Waals surface area contributed by atoms with Crippen LogP contribution in [0.5, 0.6) is 0 Å². The highest BCUT2D eigenvalue weighted by Gasteiger charge is 2.11. The maximum absolute atomic E-state index is 10.8. The Morgan fingerprint density at radius 3 is 2.58 bits per heavy atom. The van der Waals surface area contributed by atoms with Gasteiger partial charge in [0.1, 0.15) is 5.82 Å². The fourth-order valence-corrected chi connectivity index (χ4v) is 3.18. The van der Waals surface area contributed by atoms with Crippen molar-refractivity contribution >= 4 is 17.4 Å². The van der Waals surface area contributed by atoms with Gasteiger partial charge in [0.25, 0.3) is 5.69 Å². The van der Waals surface area contributed by atoms with Gasteiger partial charge in [-0.25, -0.2) is 0 Å². The molecule has 6 nitrogen and oxygen atoms in total. The van der Waals surface area contributed by atoms with E-state index in [1.165, 1.54) is 23.4 Å². The zero-order valence-corrected chi connectivity index (χ0v) is 13.9. The Hall–Kier alpha value is -2.67. The van der Waals surface area contributed by atoms with Gasteiger partial charge >= 0.3 is 0 Å². The van der Waals surface area contributed by atoms with Crippen molar-refractivity contribution in [3.8, 4) is 0 Å². The molecule has 0 aliphatic rings. The van der Waals surface area contributed by atoms with Crippen molar-refractivity contribution in [1.29, 1.82) is 0 Å². The summed E-state index contributed by atoms with van der Waals surface area (Å²) < 4.78 is 1.97. The topological polar surface area (TPSA) is 73.8 Å². The fourth-order valence-electron chi connectivity index (χ4n) is 2.31. The molecule has 0 aliphatic heterocycles. The minimum Gasteiger partial charge on any atom is -0.309 e. The number of benzene rings is 2. The largest absolute Gasteiger partial charge is 0.309 e. The zero-order valence-electron chi connectivity index (χ0n) is 13.1. The van der Waals surface area contributed by atoms with Crippen LogP contribution in [0.1, 0.15) is 17.0 Å². The molecule has 0 saturated heterocycles. The van der Waals surface area contributed by atoms with Crippen LogP contribution < -0.4 is 0 Å². The third-order valence-corrected chi connectivity index (χ3v) is 4.71. The summed E-state index contributed by atoms with van der Waals surface area (Å²) in [6.07, 6.45) is 0.724. The van der Waals surface area contributed by atoms with Crippen molar-refractivity contribution in [3.63, 3.8) is 0 Å². The molecule has 0 bridgehead atoms. The summed E-state index contributed by atoms with van der Waals surface area (Å²) >= 11 is 1.52. The molecule has 2 aromatic carbocycles. The van der Waals surface area contributed by atoms with Crippen molar-refractivity contribution < 1.29 is 4.92 Å². The molecule has 1 heterocycles. The van der Waals surface area contributed by atoms with E-state index in [0.717, 1.165) is 23.0 Å². The summed E-state index contributed by atoms with van der Waals surface area (Å²) in [5.41, 5.74) is 2.18. The Kier molecular flexibility index (Phi) is 4.90. The molecule has 3 aromatic rings. The van der Waals surface area contributed by atoms with Crippen LogP contribution in [-0.4, -0.2) is 19.7 Å². The molecule has 0 fully saturated rings. The molecule has 0 atom stereocenters. The summed E-state index contributed by atoms with van der Waals surface area (Å²) in [6, 6.07) is 16.8. The van der Waals surface area contributed by atoms with E-state index >= 15 is 0 Å². The van der Waals surface area contributed by atoms with E-state index in [1.54, 1.807) is 12.1 Å². The lowest BCUT2D eigenvalue weighted by Crippen LogP contribution is -2.00. The molecule has 0 spiro atoms. The van der Waals surface area contributed by atoms with Crippen molar-refractivity contribution in [3.05, 3.63) is 81.7 Å². The highest BCUT2D eigenvalue weighted by molar-refractivity contribution is 7.98. The Bertz CT molecular complexity index is 849. The zero-order chi connectivity index (χ0) is 16.9. The third-order valence-electron chi connectivity index (χ3n) is 3.62. The molecule has 0 radical (unpaired) electrons. The minimum atomic E-state index is -0.381. The summed E-state index contributed by atoms with van der Waals surface area (Å²) in [7, 11) is 1.94. The maximum atomic E-state index is 10.8. The molecule has 122 valence electrons. The van der Waals surface area contributed by atoms with Gasteiger partial charge in [0.15, 0.2) is 5.16 Å². The first-order chi connectivity index (χ1) is 11.6. The normalized spacial score (nSPS) is 10.7. The molecule has 0 N–H and O–H groups in total. The van der Waals surface area contributed by atoms with Crippen molar-refractivity contribution in [2.24, 2.45) is 7.05 Å². The first-order valence-electron chi connectivity index (χ1n) is 7.42. The average Bonchev–Trinajstić information content (AvgIpc) is 2.94. The van der Waals surface area contributed by atoms with E-state index in [1.807, 2.05) is 35.9 Å². The van der Waals surface area contributed by atoms with Gasteiger partial charge in [-0.3, -0.25) is 10.1 Å². The van der Waals surface area contributed by atoms with E-state index in [0.29, 0.717) is 5.75 Å². The lowest BCUT2D eigenvalue weighted by molar-refractivity contribution is -0.384. The number of hydrogen-bond acceptors (Lipinski definition) is 5. The predicted molar refractivity (Wildman–Crippen MR) is 92.9 cm³/mol. The molecule has 0 saturated carbocycles. The van der Waals surface area contributed by atoms with E-state index in [2.05, 4.69) is 22.3 Å². The number of aromatic nitrogens is 3. The summed E-state index contributed by atoms with van der Waals surface area (Å²) in [6.45, 7) is 0. The summed E-state index contributed by atoms with van der Waals surface area (Å²) in [5, 5.41) is 20.1. The molecule has 0 aliphatic carbocycles. The van der Waals surface area contributed by atoms with Gasteiger partial charge in [-0.15, -0.1) is 10.2 Å². The second-order valence-electron chi connectivity index (χ2n) is 5.34. The second kappa shape index (κ2) is 7.27. The van der Waals surface area contributed by atoms with Gasteiger partial charge < -0.3 is 4.57 Å². The average molecular weight is 340 g/mol. The Labute approximate surface area is 143 Å². The minimum absolute atomic E-state index is 0.107. The van der Waals surface area contributed by atoms with Gasteiger partial charge in [0.2, 0.25) is 0 Å². The lowest BCUT2D eigenvalue weighted by atomic mass is 10.1. The van der Waals surface area contributed by atoms with Crippen LogP contribution in [0.2, 0.25) is 0 Å². The van der Waals surface area contributed by atoms with Crippen LogP contribution in [0.4, 0.5) is 5.69 Å². The van der Waals surface area contributed by atoms with Crippen molar-refractivity contribution in [2.75, 3.05) is 0 Å². The highest BCUT2D eigenvalue weighted by Crippen LogP contribution is 2.23. The number of nitro groups is 1. The van der Waals surface area contributed by atoms with Gasteiger partial charge in [-0.05, 0) is 11.1 Å². The Morgan fingerprint density at radius 1 is 1.08 bits per heavy atom. The fraction of sp³-hybridized carbons (Fsp3) is 0.176. The van der Waals surface area contributed by atoms with Crippen molar-refractivity contribution in [1.82, 2.24) is 14.8 Å². The molecule has 7 heteroatoms. The smallest absolute Gasteiger partial charge is 0.269 e. The number of nitro benzene ring substituents is 1. The van der Waals surface area contributed by atoms with E-state index in [4.69, 9.17) is 0 Å². The van der Waals surface area contributed by atoms with Crippen molar-refractivity contribution in [2.45, 2.75) is 17.3 Å². The second-order valence-corrected chi connectivity index (χ2v) is 6.28. The molecule has 0 unspecified atom stereocenters. The molecule has 1 aromatic heterocycles. The van der Waals surface area contributed by atoms with Gasteiger partial charge in [-0.1, -0.05) is 54.2 Å². The standard InChI is InChI=1S/C17H16N4O2S/c1-20-16(11-13-6-3-2-4-7-13)18-19-17(20)24-12-14-8-5-9-15(10-14)21(22)23/h2-10H,11-12H2,1H3. The molecule has 0 amide bonds. The van der Waals surface area contributed by atoms with Crippen LogP contribution in [0, 0.1) is 10.1 Å². The van der Waals surface area contributed by atoms with E-state index in [9.17, 15) is 10.1 Å². The monoisotopic (exact) mass is 340 g/mol. The van der Waals surface area contributed by atoms with Gasteiger partial charge in [0.05, 0.1) is 4.92 Å². The number of thioether (sulfide) groups is 1. The Morgan fingerprint density at radius 2 is 1.83 bits per heavy atom. The first kappa shape index (κ1) is 16.2. The predicted octanol–water partition coefficient (Wildman–Crippen LogP) is 3.61. The van der Waals surface area contributed by atoms with Crippen LogP contribution in [0.3, 0.4) is 0 Å². The summed E-state index contributed by atoms with van der Waals surface area (Å²) in [5.74, 6) is 1.50. The molecular formula is C17H16N4O2S. The third kappa shape index (κ3) is 3.80. The van der Waals surface area contributed by atoms with Gasteiger partial charge in [0, 0.05) is 31.4 Å². The SMILES string of the molecule is Cn1c(Cc2ccccc2)nnc1SCc1cccc([N+](=O)[O-])c1.